The van der Waals surface area contributed by atoms with Crippen LogP contribution in [0.1, 0.15) is 25.3 Å². The quantitative estimate of drug-likeness (QED) is 0.416. The second-order valence-electron chi connectivity index (χ2n) is 8.17. The monoisotopic (exact) mass is 454 g/mol. The number of hydrogen-bond acceptors (Lipinski definition) is 6. The number of amides is 1. The molecule has 0 fully saturated rings. The molecule has 0 bridgehead atoms. The van der Waals surface area contributed by atoms with Crippen molar-refractivity contribution in [3.05, 3.63) is 89.0 Å². The molecule has 34 heavy (non-hydrogen) atoms. The molecular formula is C25H22N6O3. The van der Waals surface area contributed by atoms with E-state index in [1.165, 1.54) is 4.40 Å². The average molecular weight is 454 g/mol. The maximum atomic E-state index is 12.9. The van der Waals surface area contributed by atoms with Gasteiger partial charge in [0, 0.05) is 17.4 Å². The first-order valence-corrected chi connectivity index (χ1v) is 10.9. The van der Waals surface area contributed by atoms with E-state index < -0.39 is 5.69 Å². The van der Waals surface area contributed by atoms with Crippen molar-refractivity contribution in [3.8, 4) is 22.8 Å². The smallest absolute Gasteiger partial charge is 0.333 e. The Bertz CT molecular complexity index is 1530. The molecule has 9 heteroatoms. The highest BCUT2D eigenvalue weighted by Gasteiger charge is 2.18. The maximum Gasteiger partial charge on any atom is 0.350 e. The van der Waals surface area contributed by atoms with Gasteiger partial charge in [-0.25, -0.2) is 13.9 Å². The van der Waals surface area contributed by atoms with E-state index in [1.54, 1.807) is 18.3 Å². The van der Waals surface area contributed by atoms with Crippen molar-refractivity contribution < 1.29 is 9.32 Å². The molecule has 0 radical (unpaired) electrons. The van der Waals surface area contributed by atoms with Crippen molar-refractivity contribution in [2.75, 3.05) is 5.32 Å². The third kappa shape index (κ3) is 4.11. The molecule has 0 unspecified atom stereocenters. The zero-order valence-corrected chi connectivity index (χ0v) is 18.7. The Kier molecular flexibility index (Phi) is 5.51. The Labute approximate surface area is 194 Å². The van der Waals surface area contributed by atoms with Crippen molar-refractivity contribution in [1.29, 1.82) is 0 Å². The van der Waals surface area contributed by atoms with Gasteiger partial charge in [0.15, 0.2) is 5.65 Å². The lowest BCUT2D eigenvalue weighted by Crippen LogP contribution is -2.28. The summed E-state index contributed by atoms with van der Waals surface area (Å²) < 4.78 is 7.92. The molecule has 5 aromatic rings. The third-order valence-corrected chi connectivity index (χ3v) is 5.43. The zero-order chi connectivity index (χ0) is 23.7. The Morgan fingerprint density at radius 1 is 1.06 bits per heavy atom. The van der Waals surface area contributed by atoms with Crippen molar-refractivity contribution in [3.63, 3.8) is 0 Å². The van der Waals surface area contributed by atoms with Gasteiger partial charge in [0.2, 0.25) is 11.7 Å². The minimum atomic E-state index is -0.439. The van der Waals surface area contributed by atoms with Gasteiger partial charge in [-0.15, -0.1) is 5.10 Å². The van der Waals surface area contributed by atoms with Crippen LogP contribution in [0.3, 0.4) is 0 Å². The standard InChI is InChI=1S/C25H22N6O3/c1-16(2)18-10-6-11-19(14-18)26-21(32)15-31-25(33)30-13-7-12-20(23(30)28-31)24-27-22(29-34-24)17-8-4-3-5-9-17/h3-14,16H,15H2,1-2H3,(H,26,32). The van der Waals surface area contributed by atoms with E-state index >= 15 is 0 Å². The summed E-state index contributed by atoms with van der Waals surface area (Å²) in [6.07, 6.45) is 1.59. The molecule has 0 saturated carbocycles. The number of anilines is 1. The van der Waals surface area contributed by atoms with E-state index in [1.807, 2.05) is 54.6 Å². The van der Waals surface area contributed by atoms with Gasteiger partial charge in [0.05, 0.1) is 5.56 Å². The lowest BCUT2D eigenvalue weighted by Gasteiger charge is -2.09. The number of fused-ring (bicyclic) bond motifs is 1. The summed E-state index contributed by atoms with van der Waals surface area (Å²) in [6, 6.07) is 20.5. The Hall–Kier alpha value is -4.53. The van der Waals surface area contributed by atoms with Gasteiger partial charge >= 0.3 is 5.69 Å². The second kappa shape index (κ2) is 8.78. The molecule has 1 amide bonds. The Morgan fingerprint density at radius 3 is 2.68 bits per heavy atom. The van der Waals surface area contributed by atoms with Crippen molar-refractivity contribution in [2.45, 2.75) is 26.3 Å². The molecule has 5 rings (SSSR count). The molecule has 2 aromatic carbocycles. The minimum Gasteiger partial charge on any atom is -0.333 e. The molecule has 0 aliphatic carbocycles. The van der Waals surface area contributed by atoms with Gasteiger partial charge in [0.25, 0.3) is 5.89 Å². The summed E-state index contributed by atoms with van der Waals surface area (Å²) in [5.74, 6) is 0.652. The summed E-state index contributed by atoms with van der Waals surface area (Å²) in [5, 5.41) is 11.3. The molecule has 0 aliphatic heterocycles. The number of nitrogens with zero attached hydrogens (tertiary/aromatic N) is 5. The Morgan fingerprint density at radius 2 is 1.88 bits per heavy atom. The Balaban J connectivity index is 1.42. The lowest BCUT2D eigenvalue weighted by atomic mass is 10.0. The number of benzene rings is 2. The number of nitrogens with one attached hydrogen (secondary N) is 1. The molecule has 0 spiro atoms. The fraction of sp³-hybridized carbons (Fsp3) is 0.160. The summed E-state index contributed by atoms with van der Waals surface area (Å²) in [6.45, 7) is 3.94. The average Bonchev–Trinajstić information content (AvgIpc) is 3.45. The predicted molar refractivity (Wildman–Crippen MR) is 127 cm³/mol. The maximum absolute atomic E-state index is 12.9. The number of aromatic nitrogens is 5. The third-order valence-electron chi connectivity index (χ3n) is 5.43. The van der Waals surface area contributed by atoms with Crippen LogP contribution >= 0.6 is 0 Å². The summed E-state index contributed by atoms with van der Waals surface area (Å²) >= 11 is 0. The van der Waals surface area contributed by atoms with Crippen LogP contribution in [0.2, 0.25) is 0 Å². The van der Waals surface area contributed by atoms with Crippen LogP contribution in [0.15, 0.2) is 82.2 Å². The first-order chi connectivity index (χ1) is 16.5. The fourth-order valence-corrected chi connectivity index (χ4v) is 3.66. The van der Waals surface area contributed by atoms with Crippen LogP contribution in [0, 0.1) is 0 Å². The first kappa shape index (κ1) is 21.3. The highest BCUT2D eigenvalue weighted by atomic mass is 16.5. The molecule has 0 aliphatic rings. The van der Waals surface area contributed by atoms with Crippen molar-refractivity contribution in [1.82, 2.24) is 24.3 Å². The highest BCUT2D eigenvalue weighted by molar-refractivity contribution is 5.90. The molecule has 170 valence electrons. The molecule has 3 aromatic heterocycles. The summed E-state index contributed by atoms with van der Waals surface area (Å²) in [5.41, 5.74) is 2.98. The van der Waals surface area contributed by atoms with E-state index in [-0.39, 0.29) is 18.3 Å². The predicted octanol–water partition coefficient (Wildman–Crippen LogP) is 3.98. The van der Waals surface area contributed by atoms with Crippen molar-refractivity contribution >= 4 is 17.2 Å². The molecule has 3 heterocycles. The number of carbonyl (C=O) groups is 1. The normalized spacial score (nSPS) is 11.3. The van der Waals surface area contributed by atoms with Crippen molar-refractivity contribution in [2.24, 2.45) is 0 Å². The van der Waals surface area contributed by atoms with Crippen LogP contribution in [-0.2, 0) is 11.3 Å². The first-order valence-electron chi connectivity index (χ1n) is 10.9. The van der Waals surface area contributed by atoms with Crippen LogP contribution in [0.5, 0.6) is 0 Å². The van der Waals surface area contributed by atoms with E-state index in [4.69, 9.17) is 4.52 Å². The highest BCUT2D eigenvalue weighted by Crippen LogP contribution is 2.24. The number of rotatable bonds is 6. The van der Waals surface area contributed by atoms with E-state index in [0.717, 1.165) is 15.8 Å². The fourth-order valence-electron chi connectivity index (χ4n) is 3.66. The largest absolute Gasteiger partial charge is 0.350 e. The summed E-state index contributed by atoms with van der Waals surface area (Å²) in [7, 11) is 0. The lowest BCUT2D eigenvalue weighted by molar-refractivity contribution is -0.117. The van der Waals surface area contributed by atoms with E-state index in [0.29, 0.717) is 28.6 Å². The van der Waals surface area contributed by atoms with Gasteiger partial charge in [0.1, 0.15) is 6.54 Å². The van der Waals surface area contributed by atoms with Crippen LogP contribution < -0.4 is 11.0 Å². The second-order valence-corrected chi connectivity index (χ2v) is 8.17. The molecular weight excluding hydrogens is 432 g/mol. The summed E-state index contributed by atoms with van der Waals surface area (Å²) in [4.78, 5) is 30.0. The molecule has 0 atom stereocenters. The van der Waals surface area contributed by atoms with Gasteiger partial charge < -0.3 is 9.84 Å². The van der Waals surface area contributed by atoms with Gasteiger partial charge in [-0.2, -0.15) is 4.98 Å². The SMILES string of the molecule is CC(C)c1cccc(NC(=O)Cn2nc3c(-c4nc(-c5ccccc5)no4)cccn3c2=O)c1. The number of hydrogen-bond donors (Lipinski definition) is 1. The molecule has 9 nitrogen and oxygen atoms in total. The minimum absolute atomic E-state index is 0.231. The van der Waals surface area contributed by atoms with Crippen LogP contribution in [0.25, 0.3) is 28.5 Å². The number of carbonyl (C=O) groups excluding carboxylic acids is 1. The van der Waals surface area contributed by atoms with Gasteiger partial charge in [-0.1, -0.05) is 61.5 Å². The van der Waals surface area contributed by atoms with Gasteiger partial charge in [-0.05, 0) is 35.7 Å². The molecule has 0 saturated heterocycles. The van der Waals surface area contributed by atoms with E-state index in [9.17, 15) is 9.59 Å². The van der Waals surface area contributed by atoms with Gasteiger partial charge in [-0.3, -0.25) is 4.79 Å². The zero-order valence-electron chi connectivity index (χ0n) is 18.7. The van der Waals surface area contributed by atoms with Crippen LogP contribution in [0.4, 0.5) is 5.69 Å². The van der Waals surface area contributed by atoms with E-state index in [2.05, 4.69) is 34.4 Å². The topological polar surface area (TPSA) is 107 Å². The number of pyridine rings is 1. The molecule has 1 N–H and O–H groups in total. The van der Waals surface area contributed by atoms with Crippen LogP contribution in [-0.4, -0.2) is 30.2 Å².